The molecule has 1 aromatic heterocycles. The predicted octanol–water partition coefficient (Wildman–Crippen LogP) is -1.17. The van der Waals surface area contributed by atoms with Crippen molar-refractivity contribution in [2.45, 2.75) is 56.3 Å². The zero-order valence-electron chi connectivity index (χ0n) is 20.8. The smallest absolute Gasteiger partial charge is 0.326 e. The van der Waals surface area contributed by atoms with Crippen LogP contribution in [0.2, 0.25) is 0 Å². The first kappa shape index (κ1) is 30.6. The van der Waals surface area contributed by atoms with Gasteiger partial charge in [-0.2, -0.15) is 12.6 Å². The Bertz CT molecular complexity index is 1050. The van der Waals surface area contributed by atoms with Gasteiger partial charge in [0.05, 0.1) is 12.4 Å². The van der Waals surface area contributed by atoms with Crippen LogP contribution in [0.1, 0.15) is 30.5 Å². The number of nitrogens with two attached hydrogens (primary N) is 2. The van der Waals surface area contributed by atoms with Crippen LogP contribution in [0.5, 0.6) is 5.75 Å². The number of hydrogen-bond donors (Lipinski definition) is 9. The summed E-state index contributed by atoms with van der Waals surface area (Å²) in [5.41, 5.74) is 12.6. The molecule has 2 aromatic rings. The molecular weight excluding hydrogens is 514 g/mol. The molecule has 3 amide bonds. The van der Waals surface area contributed by atoms with E-state index in [1.165, 1.54) is 24.7 Å². The molecule has 10 N–H and O–H groups in total. The fourth-order valence-electron chi connectivity index (χ4n) is 3.55. The van der Waals surface area contributed by atoms with E-state index in [0.717, 1.165) is 0 Å². The standard InChI is InChI=1S/C24H35N7O6S/c25-8-2-1-3-17(26)21(33)29-18(9-14-4-6-16(32)7-5-14)22(34)31-20(12-38)23(35)30-19(24(36)37)10-15-11-27-13-28-15/h4-7,11,13,17-20,32,38H,1-3,8-10,12,25-26H2,(H,27,28)(H,29,33)(H,30,35)(H,31,34)(H,36,37). The molecule has 0 radical (unpaired) electrons. The highest BCUT2D eigenvalue weighted by molar-refractivity contribution is 7.80. The highest BCUT2D eigenvalue weighted by Crippen LogP contribution is 2.12. The number of unbranched alkanes of at least 4 members (excludes halogenated alkanes) is 1. The quantitative estimate of drug-likeness (QED) is 0.0906. The van der Waals surface area contributed by atoms with Crippen molar-refractivity contribution in [1.29, 1.82) is 0 Å². The minimum atomic E-state index is -1.28. The summed E-state index contributed by atoms with van der Waals surface area (Å²) in [6.07, 6.45) is 4.56. The number of phenols is 1. The molecule has 0 saturated carbocycles. The molecule has 13 nitrogen and oxygen atoms in total. The Kier molecular flexibility index (Phi) is 12.6. The van der Waals surface area contributed by atoms with E-state index in [4.69, 9.17) is 11.5 Å². The van der Waals surface area contributed by atoms with E-state index in [2.05, 4.69) is 38.5 Å². The molecule has 14 heteroatoms. The van der Waals surface area contributed by atoms with Gasteiger partial charge in [0.1, 0.15) is 23.9 Å². The van der Waals surface area contributed by atoms with Crippen LogP contribution in [0.4, 0.5) is 0 Å². The van der Waals surface area contributed by atoms with Crippen molar-refractivity contribution in [3.63, 3.8) is 0 Å². The molecule has 4 unspecified atom stereocenters. The summed E-state index contributed by atoms with van der Waals surface area (Å²) in [5, 5.41) is 26.6. The molecule has 0 spiro atoms. The Hall–Kier alpha value is -3.62. The number of rotatable bonds is 16. The average Bonchev–Trinajstić information content (AvgIpc) is 3.40. The van der Waals surface area contributed by atoms with Crippen molar-refractivity contribution >= 4 is 36.3 Å². The normalized spacial score (nSPS) is 14.1. The van der Waals surface area contributed by atoms with Gasteiger partial charge in [0.25, 0.3) is 0 Å². The second-order valence-corrected chi connectivity index (χ2v) is 9.11. The van der Waals surface area contributed by atoms with Gasteiger partial charge in [0.2, 0.25) is 17.7 Å². The van der Waals surface area contributed by atoms with E-state index < -0.39 is 47.9 Å². The lowest BCUT2D eigenvalue weighted by Crippen LogP contribution is -2.58. The van der Waals surface area contributed by atoms with E-state index in [1.807, 2.05) is 0 Å². The lowest BCUT2D eigenvalue weighted by Gasteiger charge is -2.24. The number of aliphatic carboxylic acids is 1. The van der Waals surface area contributed by atoms with Crippen LogP contribution in [0.15, 0.2) is 36.8 Å². The molecule has 0 aliphatic carbocycles. The highest BCUT2D eigenvalue weighted by Gasteiger charge is 2.30. The van der Waals surface area contributed by atoms with Crippen molar-refractivity contribution in [2.24, 2.45) is 11.5 Å². The number of aromatic amines is 1. The molecule has 38 heavy (non-hydrogen) atoms. The number of aromatic hydroxyl groups is 1. The summed E-state index contributed by atoms with van der Waals surface area (Å²) in [6.45, 7) is 0.470. The number of hydrogen-bond acceptors (Lipinski definition) is 9. The summed E-state index contributed by atoms with van der Waals surface area (Å²) in [6, 6.07) is 1.65. The molecule has 0 aliphatic heterocycles. The van der Waals surface area contributed by atoms with Crippen LogP contribution in [0.25, 0.3) is 0 Å². The molecule has 0 saturated heterocycles. The van der Waals surface area contributed by atoms with Crippen molar-refractivity contribution in [2.75, 3.05) is 12.3 Å². The number of carboxylic acid groups (broad SMARTS) is 1. The number of H-pyrrole nitrogens is 1. The molecule has 0 aliphatic rings. The minimum absolute atomic E-state index is 0.0376. The zero-order valence-corrected chi connectivity index (χ0v) is 21.7. The molecule has 1 heterocycles. The van der Waals surface area contributed by atoms with Crippen LogP contribution in [-0.4, -0.2) is 80.3 Å². The number of aromatic nitrogens is 2. The van der Waals surface area contributed by atoms with Gasteiger partial charge < -0.3 is 42.6 Å². The van der Waals surface area contributed by atoms with E-state index in [-0.39, 0.29) is 24.3 Å². The molecule has 0 fully saturated rings. The second-order valence-electron chi connectivity index (χ2n) is 8.75. The first-order chi connectivity index (χ1) is 18.1. The highest BCUT2D eigenvalue weighted by atomic mass is 32.1. The molecule has 208 valence electrons. The maximum Gasteiger partial charge on any atom is 0.326 e. The van der Waals surface area contributed by atoms with Gasteiger partial charge in [-0.05, 0) is 37.1 Å². The molecular formula is C24H35N7O6S. The van der Waals surface area contributed by atoms with Gasteiger partial charge in [0, 0.05) is 30.5 Å². The topological polar surface area (TPSA) is 226 Å². The summed E-state index contributed by atoms with van der Waals surface area (Å²) < 4.78 is 0. The Morgan fingerprint density at radius 2 is 1.58 bits per heavy atom. The Morgan fingerprint density at radius 1 is 0.947 bits per heavy atom. The fourth-order valence-corrected chi connectivity index (χ4v) is 3.81. The van der Waals surface area contributed by atoms with Crippen LogP contribution in [0, 0.1) is 0 Å². The van der Waals surface area contributed by atoms with Crippen LogP contribution >= 0.6 is 12.6 Å². The van der Waals surface area contributed by atoms with Crippen molar-refractivity contribution < 1.29 is 29.4 Å². The van der Waals surface area contributed by atoms with Gasteiger partial charge in [-0.3, -0.25) is 14.4 Å². The largest absolute Gasteiger partial charge is 0.508 e. The number of carboxylic acids is 1. The number of benzene rings is 1. The average molecular weight is 550 g/mol. The van der Waals surface area contributed by atoms with Gasteiger partial charge >= 0.3 is 5.97 Å². The Labute approximate surface area is 225 Å². The van der Waals surface area contributed by atoms with Gasteiger partial charge in [0.15, 0.2) is 0 Å². The van der Waals surface area contributed by atoms with E-state index in [1.54, 1.807) is 12.1 Å². The number of thiol groups is 1. The third-order valence-corrected chi connectivity index (χ3v) is 6.09. The summed E-state index contributed by atoms with van der Waals surface area (Å²) in [7, 11) is 0. The number of carbonyl (C=O) groups excluding carboxylic acids is 3. The lowest BCUT2D eigenvalue weighted by atomic mass is 10.0. The maximum absolute atomic E-state index is 13.2. The monoisotopic (exact) mass is 549 g/mol. The third-order valence-electron chi connectivity index (χ3n) is 5.72. The van der Waals surface area contributed by atoms with E-state index in [9.17, 15) is 29.4 Å². The molecule has 2 rings (SSSR count). The third kappa shape index (κ3) is 10.0. The van der Waals surface area contributed by atoms with Gasteiger partial charge in [-0.25, -0.2) is 9.78 Å². The number of amides is 3. The molecule has 1 aromatic carbocycles. The lowest BCUT2D eigenvalue weighted by molar-refractivity contribution is -0.142. The number of imidazole rings is 1. The van der Waals surface area contributed by atoms with E-state index >= 15 is 0 Å². The van der Waals surface area contributed by atoms with Crippen molar-refractivity contribution in [3.05, 3.63) is 48.0 Å². The first-order valence-electron chi connectivity index (χ1n) is 12.1. The van der Waals surface area contributed by atoms with Crippen LogP contribution < -0.4 is 27.4 Å². The SMILES string of the molecule is NCCCCC(N)C(=O)NC(Cc1ccc(O)cc1)C(=O)NC(CS)C(=O)NC(Cc1cnc[nH]1)C(=O)O. The van der Waals surface area contributed by atoms with Gasteiger partial charge in [-0.1, -0.05) is 18.6 Å². The zero-order chi connectivity index (χ0) is 28.1. The van der Waals surface area contributed by atoms with E-state index in [0.29, 0.717) is 37.1 Å². The minimum Gasteiger partial charge on any atom is -0.508 e. The Morgan fingerprint density at radius 3 is 2.16 bits per heavy atom. The fraction of sp³-hybridized carbons (Fsp3) is 0.458. The molecule has 0 bridgehead atoms. The van der Waals surface area contributed by atoms with Crippen LogP contribution in [0.3, 0.4) is 0 Å². The number of nitrogens with zero attached hydrogens (tertiary/aromatic N) is 1. The first-order valence-corrected chi connectivity index (χ1v) is 12.7. The predicted molar refractivity (Wildman–Crippen MR) is 142 cm³/mol. The Balaban J connectivity index is 2.11. The van der Waals surface area contributed by atoms with Crippen molar-refractivity contribution in [1.82, 2.24) is 25.9 Å². The molecule has 4 atom stereocenters. The second kappa shape index (κ2) is 15.6. The van der Waals surface area contributed by atoms with Crippen LogP contribution in [-0.2, 0) is 32.0 Å². The number of nitrogens with one attached hydrogen (secondary N) is 4. The summed E-state index contributed by atoms with van der Waals surface area (Å²) >= 11 is 4.14. The summed E-state index contributed by atoms with van der Waals surface area (Å²) in [5.74, 6) is -3.34. The number of phenolic OH excluding ortho intramolecular Hbond substituents is 1. The van der Waals surface area contributed by atoms with Crippen molar-refractivity contribution in [3.8, 4) is 5.75 Å². The maximum atomic E-state index is 13.2. The summed E-state index contributed by atoms with van der Waals surface area (Å²) in [4.78, 5) is 57.0. The number of carbonyl (C=O) groups is 4. The van der Waals surface area contributed by atoms with Gasteiger partial charge in [-0.15, -0.1) is 0 Å².